The van der Waals surface area contributed by atoms with Crippen molar-refractivity contribution >= 4 is 11.6 Å². The number of aromatic nitrogens is 2. The second-order valence-electron chi connectivity index (χ2n) is 5.04. The molecule has 3 nitrogen and oxygen atoms in total. The maximum absolute atomic E-state index is 6.35. The van der Waals surface area contributed by atoms with Gasteiger partial charge in [-0.25, -0.2) is 0 Å². The molecule has 2 N–H and O–H groups in total. The summed E-state index contributed by atoms with van der Waals surface area (Å²) < 4.78 is 2.00. The smallest absolute Gasteiger partial charge is 0.0847 e. The van der Waals surface area contributed by atoms with Crippen molar-refractivity contribution in [2.24, 2.45) is 5.73 Å². The molecule has 0 bridgehead atoms. The minimum Gasteiger partial charge on any atom is -0.330 e. The number of aryl methyl sites for hydroxylation is 2. The SMILES string of the molecule is CCn1nc(C)c(Cl)c1CCC(CN)c1ccccc1. The Hall–Kier alpha value is -1.32. The van der Waals surface area contributed by atoms with Gasteiger partial charge in [-0.3, -0.25) is 4.68 Å². The third kappa shape index (κ3) is 3.22. The minimum atomic E-state index is 0.368. The molecule has 0 aliphatic rings. The van der Waals surface area contributed by atoms with Crippen molar-refractivity contribution in [3.63, 3.8) is 0 Å². The Labute approximate surface area is 125 Å². The molecule has 2 rings (SSSR count). The maximum atomic E-state index is 6.35. The van der Waals surface area contributed by atoms with Gasteiger partial charge < -0.3 is 5.73 Å². The summed E-state index contributed by atoms with van der Waals surface area (Å²) in [4.78, 5) is 0. The normalized spacial score (nSPS) is 12.6. The van der Waals surface area contributed by atoms with Crippen LogP contribution < -0.4 is 5.73 Å². The van der Waals surface area contributed by atoms with Gasteiger partial charge in [0.05, 0.1) is 16.4 Å². The molecular formula is C16H22ClN3. The van der Waals surface area contributed by atoms with Gasteiger partial charge in [-0.1, -0.05) is 41.9 Å². The molecule has 0 amide bonds. The van der Waals surface area contributed by atoms with Crippen LogP contribution in [0.4, 0.5) is 0 Å². The van der Waals surface area contributed by atoms with Gasteiger partial charge in [0.15, 0.2) is 0 Å². The number of nitrogens with two attached hydrogens (primary N) is 1. The zero-order valence-electron chi connectivity index (χ0n) is 12.1. The lowest BCUT2D eigenvalue weighted by Crippen LogP contribution is -2.14. The van der Waals surface area contributed by atoms with Crippen molar-refractivity contribution in [1.29, 1.82) is 0 Å². The van der Waals surface area contributed by atoms with E-state index < -0.39 is 0 Å². The highest BCUT2D eigenvalue weighted by Crippen LogP contribution is 2.26. The highest BCUT2D eigenvalue weighted by Gasteiger charge is 2.15. The fraction of sp³-hybridized carbons (Fsp3) is 0.438. The average molecular weight is 292 g/mol. The largest absolute Gasteiger partial charge is 0.330 e. The van der Waals surface area contributed by atoms with Crippen LogP contribution in [0.2, 0.25) is 5.02 Å². The first-order valence-corrected chi connectivity index (χ1v) is 7.52. The third-order valence-corrected chi connectivity index (χ3v) is 4.23. The molecule has 4 heteroatoms. The molecule has 0 spiro atoms. The Morgan fingerprint density at radius 2 is 2.00 bits per heavy atom. The van der Waals surface area contributed by atoms with E-state index in [0.717, 1.165) is 35.8 Å². The summed E-state index contributed by atoms with van der Waals surface area (Å²) in [5, 5.41) is 5.26. The van der Waals surface area contributed by atoms with E-state index in [0.29, 0.717) is 12.5 Å². The van der Waals surface area contributed by atoms with Crippen LogP contribution in [0.3, 0.4) is 0 Å². The molecule has 0 radical (unpaired) electrons. The number of nitrogens with zero attached hydrogens (tertiary/aromatic N) is 2. The van der Waals surface area contributed by atoms with Crippen LogP contribution in [-0.4, -0.2) is 16.3 Å². The molecule has 1 atom stereocenters. The molecule has 1 heterocycles. The predicted molar refractivity (Wildman–Crippen MR) is 84.2 cm³/mol. The van der Waals surface area contributed by atoms with Crippen molar-refractivity contribution in [3.8, 4) is 0 Å². The number of benzene rings is 1. The zero-order chi connectivity index (χ0) is 14.5. The molecule has 1 aromatic carbocycles. The van der Waals surface area contributed by atoms with Crippen LogP contribution in [0.1, 0.15) is 36.2 Å². The van der Waals surface area contributed by atoms with Crippen molar-refractivity contribution in [1.82, 2.24) is 9.78 Å². The monoisotopic (exact) mass is 291 g/mol. The first-order valence-electron chi connectivity index (χ1n) is 7.14. The highest BCUT2D eigenvalue weighted by atomic mass is 35.5. The van der Waals surface area contributed by atoms with Gasteiger partial charge >= 0.3 is 0 Å². The van der Waals surface area contributed by atoms with E-state index >= 15 is 0 Å². The number of rotatable bonds is 6. The topological polar surface area (TPSA) is 43.8 Å². The number of halogens is 1. The third-order valence-electron chi connectivity index (χ3n) is 3.74. The van der Waals surface area contributed by atoms with E-state index in [4.69, 9.17) is 17.3 Å². The average Bonchev–Trinajstić information content (AvgIpc) is 2.76. The van der Waals surface area contributed by atoms with Crippen molar-refractivity contribution in [2.45, 2.75) is 39.2 Å². The fourth-order valence-electron chi connectivity index (χ4n) is 2.56. The minimum absolute atomic E-state index is 0.368. The fourth-order valence-corrected chi connectivity index (χ4v) is 2.79. The number of hydrogen-bond acceptors (Lipinski definition) is 2. The molecule has 2 aromatic rings. The predicted octanol–water partition coefficient (Wildman–Crippen LogP) is 3.54. The van der Waals surface area contributed by atoms with Crippen LogP contribution in [0, 0.1) is 6.92 Å². The molecule has 1 unspecified atom stereocenters. The summed E-state index contributed by atoms with van der Waals surface area (Å²) in [7, 11) is 0. The zero-order valence-corrected chi connectivity index (χ0v) is 12.9. The lowest BCUT2D eigenvalue weighted by atomic mass is 9.93. The summed E-state index contributed by atoms with van der Waals surface area (Å²) >= 11 is 6.35. The van der Waals surface area contributed by atoms with Gasteiger partial charge in [0.25, 0.3) is 0 Å². The van der Waals surface area contributed by atoms with Crippen molar-refractivity contribution in [3.05, 3.63) is 52.3 Å². The van der Waals surface area contributed by atoms with E-state index in [9.17, 15) is 0 Å². The van der Waals surface area contributed by atoms with Gasteiger partial charge in [0.1, 0.15) is 0 Å². The Balaban J connectivity index is 2.11. The lowest BCUT2D eigenvalue weighted by Gasteiger charge is -2.15. The maximum Gasteiger partial charge on any atom is 0.0847 e. The van der Waals surface area contributed by atoms with E-state index in [1.165, 1.54) is 5.56 Å². The first kappa shape index (κ1) is 15.1. The molecule has 0 aliphatic heterocycles. The van der Waals surface area contributed by atoms with Gasteiger partial charge in [-0.15, -0.1) is 0 Å². The summed E-state index contributed by atoms with van der Waals surface area (Å²) in [6, 6.07) is 10.4. The molecular weight excluding hydrogens is 270 g/mol. The first-order chi connectivity index (χ1) is 9.67. The lowest BCUT2D eigenvalue weighted by molar-refractivity contribution is 0.573. The summed E-state index contributed by atoms with van der Waals surface area (Å²) in [6.07, 6.45) is 1.90. The van der Waals surface area contributed by atoms with Crippen LogP contribution in [0.25, 0.3) is 0 Å². The van der Waals surface area contributed by atoms with Crippen LogP contribution >= 0.6 is 11.6 Å². The Morgan fingerprint density at radius 3 is 2.60 bits per heavy atom. The molecule has 0 saturated heterocycles. The van der Waals surface area contributed by atoms with Crippen LogP contribution in [0.5, 0.6) is 0 Å². The van der Waals surface area contributed by atoms with Gasteiger partial charge in [0.2, 0.25) is 0 Å². The van der Waals surface area contributed by atoms with Crippen LogP contribution in [0.15, 0.2) is 30.3 Å². The molecule has 1 aromatic heterocycles. The molecule has 0 aliphatic carbocycles. The molecule has 0 saturated carbocycles. The van der Waals surface area contributed by atoms with Gasteiger partial charge in [-0.05, 0) is 44.7 Å². The second-order valence-corrected chi connectivity index (χ2v) is 5.42. The Bertz CT molecular complexity index is 548. The molecule has 0 fully saturated rings. The quantitative estimate of drug-likeness (QED) is 0.885. The van der Waals surface area contributed by atoms with E-state index in [1.54, 1.807) is 0 Å². The van der Waals surface area contributed by atoms with Gasteiger partial charge in [0, 0.05) is 6.54 Å². The second kappa shape index (κ2) is 6.91. The summed E-state index contributed by atoms with van der Waals surface area (Å²) in [6.45, 7) is 5.54. The van der Waals surface area contributed by atoms with E-state index in [-0.39, 0.29) is 0 Å². The van der Waals surface area contributed by atoms with E-state index in [1.807, 2.05) is 17.7 Å². The molecule has 20 heavy (non-hydrogen) atoms. The Morgan fingerprint density at radius 1 is 1.30 bits per heavy atom. The van der Waals surface area contributed by atoms with Gasteiger partial charge in [-0.2, -0.15) is 5.10 Å². The van der Waals surface area contributed by atoms with Crippen LogP contribution in [-0.2, 0) is 13.0 Å². The summed E-state index contributed by atoms with van der Waals surface area (Å²) in [5.41, 5.74) is 9.26. The number of hydrogen-bond donors (Lipinski definition) is 1. The highest BCUT2D eigenvalue weighted by molar-refractivity contribution is 6.31. The summed E-state index contributed by atoms with van der Waals surface area (Å²) in [5.74, 6) is 0.368. The van der Waals surface area contributed by atoms with Crippen molar-refractivity contribution in [2.75, 3.05) is 6.54 Å². The standard InChI is InChI=1S/C16H22ClN3/c1-3-20-15(16(17)12(2)19-20)10-9-14(11-18)13-7-5-4-6-8-13/h4-8,14H,3,9-11,18H2,1-2H3. The Kier molecular flexibility index (Phi) is 5.21. The molecule has 108 valence electrons. The van der Waals surface area contributed by atoms with E-state index in [2.05, 4.69) is 36.3 Å². The van der Waals surface area contributed by atoms with Crippen molar-refractivity contribution < 1.29 is 0 Å².